The fourth-order valence-electron chi connectivity index (χ4n) is 6.68. The van der Waals surface area contributed by atoms with Crippen LogP contribution in [0.25, 0.3) is 0 Å². The molecule has 0 aliphatic carbocycles. The average molecular weight is 573 g/mol. The van der Waals surface area contributed by atoms with Crippen molar-refractivity contribution in [3.8, 4) is 17.2 Å². The lowest BCUT2D eigenvalue weighted by molar-refractivity contribution is -0.144. The Kier molecular flexibility index (Phi) is 6.97. The van der Waals surface area contributed by atoms with E-state index in [2.05, 4.69) is 10.2 Å². The fourth-order valence-corrected chi connectivity index (χ4v) is 6.68. The lowest BCUT2D eigenvalue weighted by atomic mass is 9.75. The average Bonchev–Trinajstić information content (AvgIpc) is 2.98. The topological polar surface area (TPSA) is 130 Å². The van der Waals surface area contributed by atoms with Gasteiger partial charge >= 0.3 is 6.03 Å². The van der Waals surface area contributed by atoms with Crippen LogP contribution in [0.3, 0.4) is 0 Å². The maximum Gasteiger partial charge on any atom is 0.335 e. The molecule has 4 heterocycles. The van der Waals surface area contributed by atoms with Crippen LogP contribution in [0.2, 0.25) is 0 Å². The zero-order valence-electron chi connectivity index (χ0n) is 23.4. The highest BCUT2D eigenvalue weighted by Gasteiger charge is 2.56. The Morgan fingerprint density at radius 1 is 0.952 bits per heavy atom. The van der Waals surface area contributed by atoms with Crippen LogP contribution in [0.4, 0.5) is 10.5 Å². The number of aromatic nitrogens is 1. The second kappa shape index (κ2) is 10.6. The van der Waals surface area contributed by atoms with Crippen LogP contribution in [0.5, 0.6) is 17.2 Å². The van der Waals surface area contributed by atoms with E-state index < -0.39 is 23.3 Å². The largest absolute Gasteiger partial charge is 0.504 e. The maximum absolute atomic E-state index is 14.5. The minimum atomic E-state index is -1.67. The van der Waals surface area contributed by atoms with Crippen molar-refractivity contribution in [1.82, 2.24) is 14.8 Å². The number of nitrogens with zero attached hydrogens (tertiary/aromatic N) is 3. The van der Waals surface area contributed by atoms with Gasteiger partial charge in [-0.15, -0.1) is 0 Å². The minimum Gasteiger partial charge on any atom is -0.504 e. The summed E-state index contributed by atoms with van der Waals surface area (Å²) in [6, 6.07) is 15.7. The number of amides is 4. The summed E-state index contributed by atoms with van der Waals surface area (Å²) in [6.07, 6.45) is 0.884. The molecule has 2 saturated heterocycles. The molecule has 2 N–H and O–H groups in total. The van der Waals surface area contributed by atoms with Crippen molar-refractivity contribution in [2.45, 2.75) is 25.3 Å². The molecule has 1 aromatic heterocycles. The first-order valence-electron chi connectivity index (χ1n) is 13.8. The van der Waals surface area contributed by atoms with Gasteiger partial charge in [-0.2, -0.15) is 0 Å². The Hall–Kier alpha value is -4.64. The Bertz CT molecular complexity index is 1620. The van der Waals surface area contributed by atoms with E-state index in [9.17, 15) is 24.3 Å². The number of hydrogen-bond donors (Lipinski definition) is 2. The number of fused-ring (bicyclic) bond motifs is 4. The second-order valence-electron chi connectivity index (χ2n) is 11.3. The SMILES string of the molecule is COc1ccc(N2C(=O)NC(=O)C(Cc3ccc(O)c(OC)c3)(CN3CC4C[C@H](C3)c3cccc(=O)n3C4)C2=O)cc1. The van der Waals surface area contributed by atoms with Crippen LogP contribution in [0.1, 0.15) is 23.6 Å². The molecule has 11 heteroatoms. The second-order valence-corrected chi connectivity index (χ2v) is 11.3. The number of phenols is 1. The number of urea groups is 1. The molecule has 4 amide bonds. The Labute approximate surface area is 242 Å². The molecule has 2 aromatic carbocycles. The van der Waals surface area contributed by atoms with Gasteiger partial charge in [0, 0.05) is 43.9 Å². The number of aromatic hydroxyl groups is 1. The number of imide groups is 2. The van der Waals surface area contributed by atoms with Crippen molar-refractivity contribution in [3.63, 3.8) is 0 Å². The van der Waals surface area contributed by atoms with Crippen molar-refractivity contribution in [2.24, 2.45) is 11.3 Å². The molecule has 0 saturated carbocycles. The standard InChI is InChI=1S/C31H32N4O7/c1-41-23-9-7-22(8-10-23)35-29(39)31(28(38)32-30(35)40,14-19-6-11-25(36)26(13-19)42-2)18-33-15-20-12-21(17-33)24-4-3-5-27(37)34(24)16-20/h3-11,13,20-21,36H,12,14-18H2,1-2H3,(H,32,38,40)/t20?,21-,31?/m1/s1. The van der Waals surface area contributed by atoms with E-state index in [1.54, 1.807) is 48.5 Å². The molecule has 3 atom stereocenters. The molecule has 3 aliphatic rings. The van der Waals surface area contributed by atoms with E-state index in [-0.39, 0.29) is 41.9 Å². The molecule has 2 fully saturated rings. The summed E-state index contributed by atoms with van der Waals surface area (Å²) in [5.41, 5.74) is 0.158. The molecule has 0 spiro atoms. The third kappa shape index (κ3) is 4.69. The number of rotatable bonds is 7. The molecule has 2 unspecified atom stereocenters. The van der Waals surface area contributed by atoms with Crippen molar-refractivity contribution < 1.29 is 29.0 Å². The third-order valence-electron chi connectivity index (χ3n) is 8.60. The van der Waals surface area contributed by atoms with Gasteiger partial charge in [0.05, 0.1) is 19.9 Å². The quantitative estimate of drug-likeness (QED) is 0.413. The van der Waals surface area contributed by atoms with Gasteiger partial charge in [-0.05, 0) is 66.8 Å². The number of likely N-dealkylation sites (tertiary alicyclic amines) is 1. The molecule has 42 heavy (non-hydrogen) atoms. The number of pyridine rings is 1. The summed E-state index contributed by atoms with van der Waals surface area (Å²) < 4.78 is 12.3. The lowest BCUT2D eigenvalue weighted by Crippen LogP contribution is -2.68. The number of carbonyl (C=O) groups excluding carboxylic acids is 3. The fraction of sp³-hybridized carbons (Fsp3) is 0.355. The van der Waals surface area contributed by atoms with Crippen LogP contribution in [0.15, 0.2) is 65.5 Å². The molecule has 218 valence electrons. The molecule has 3 aliphatic heterocycles. The van der Waals surface area contributed by atoms with Crippen LogP contribution in [-0.4, -0.2) is 66.3 Å². The number of methoxy groups -OCH3 is 2. The van der Waals surface area contributed by atoms with Gasteiger partial charge in [0.2, 0.25) is 5.91 Å². The van der Waals surface area contributed by atoms with Crippen LogP contribution < -0.4 is 25.2 Å². The van der Waals surface area contributed by atoms with Crippen LogP contribution in [-0.2, 0) is 22.6 Å². The highest BCUT2D eigenvalue weighted by Crippen LogP contribution is 2.40. The summed E-state index contributed by atoms with van der Waals surface area (Å²) >= 11 is 0. The van der Waals surface area contributed by atoms with Crippen molar-refractivity contribution in [3.05, 3.63) is 82.3 Å². The first kappa shape index (κ1) is 27.5. The molecule has 6 rings (SSSR count). The number of hydrogen-bond acceptors (Lipinski definition) is 8. The van der Waals surface area contributed by atoms with Gasteiger partial charge in [-0.1, -0.05) is 12.1 Å². The molecular formula is C31H32N4O7. The Morgan fingerprint density at radius 2 is 1.74 bits per heavy atom. The Balaban J connectivity index is 1.39. The number of ether oxygens (including phenoxy) is 2. The van der Waals surface area contributed by atoms with Crippen molar-refractivity contribution >= 4 is 23.5 Å². The van der Waals surface area contributed by atoms with E-state index in [4.69, 9.17) is 9.47 Å². The highest BCUT2D eigenvalue weighted by molar-refractivity contribution is 6.30. The van der Waals surface area contributed by atoms with Gasteiger partial charge in [-0.25, -0.2) is 9.69 Å². The zero-order chi connectivity index (χ0) is 29.6. The van der Waals surface area contributed by atoms with Crippen LogP contribution >= 0.6 is 0 Å². The number of nitrogens with one attached hydrogen (secondary N) is 1. The molecule has 3 aromatic rings. The van der Waals surface area contributed by atoms with Gasteiger partial charge in [0.15, 0.2) is 11.5 Å². The van der Waals surface area contributed by atoms with E-state index in [1.165, 1.54) is 20.3 Å². The Morgan fingerprint density at radius 3 is 2.48 bits per heavy atom. The first-order chi connectivity index (χ1) is 20.2. The molecule has 0 radical (unpaired) electrons. The summed E-state index contributed by atoms with van der Waals surface area (Å²) in [7, 11) is 2.94. The summed E-state index contributed by atoms with van der Waals surface area (Å²) in [4.78, 5) is 57.1. The van der Waals surface area contributed by atoms with Gasteiger partial charge in [0.25, 0.3) is 11.5 Å². The van der Waals surface area contributed by atoms with E-state index in [0.717, 1.165) is 17.0 Å². The zero-order valence-corrected chi connectivity index (χ0v) is 23.4. The summed E-state index contributed by atoms with van der Waals surface area (Å²) in [5.74, 6) is -0.378. The monoisotopic (exact) mass is 572 g/mol. The number of carbonyl (C=O) groups is 3. The van der Waals surface area contributed by atoms with E-state index >= 15 is 0 Å². The smallest absolute Gasteiger partial charge is 0.335 e. The van der Waals surface area contributed by atoms with Gasteiger partial charge in [0.1, 0.15) is 11.2 Å². The minimum absolute atomic E-state index is 0.0242. The van der Waals surface area contributed by atoms with E-state index in [0.29, 0.717) is 36.6 Å². The molecular weight excluding hydrogens is 540 g/mol. The number of phenolic OH excluding ortho intramolecular Hbond substituents is 1. The predicted octanol–water partition coefficient (Wildman–Crippen LogP) is 2.50. The number of piperidine rings is 1. The molecule has 2 bridgehead atoms. The lowest BCUT2D eigenvalue weighted by Gasteiger charge is -2.47. The highest BCUT2D eigenvalue weighted by atomic mass is 16.5. The summed E-state index contributed by atoms with van der Waals surface area (Å²) in [6.45, 7) is 1.78. The molecule has 11 nitrogen and oxygen atoms in total. The number of anilines is 1. The van der Waals surface area contributed by atoms with Crippen molar-refractivity contribution in [2.75, 3.05) is 38.8 Å². The third-order valence-corrected chi connectivity index (χ3v) is 8.60. The normalized spacial score (nSPS) is 23.8. The van der Waals surface area contributed by atoms with Crippen LogP contribution in [0, 0.1) is 11.3 Å². The first-order valence-corrected chi connectivity index (χ1v) is 13.8. The van der Waals surface area contributed by atoms with Gasteiger partial charge in [-0.3, -0.25) is 19.7 Å². The number of benzene rings is 2. The maximum atomic E-state index is 14.5. The predicted molar refractivity (Wildman–Crippen MR) is 153 cm³/mol. The summed E-state index contributed by atoms with van der Waals surface area (Å²) in [5, 5.41) is 12.6. The van der Waals surface area contributed by atoms with Gasteiger partial charge < -0.3 is 24.0 Å². The van der Waals surface area contributed by atoms with Crippen molar-refractivity contribution in [1.29, 1.82) is 0 Å². The number of barbiturate groups is 1. The van der Waals surface area contributed by atoms with E-state index in [1.807, 2.05) is 10.6 Å².